The van der Waals surface area contributed by atoms with Crippen LogP contribution in [-0.4, -0.2) is 104 Å². The number of Topliss-reactive ketones (excluding diaryl/α,β-unsaturated/α-hetero) is 2. The lowest BCUT2D eigenvalue weighted by Gasteiger charge is -2.63. The van der Waals surface area contributed by atoms with Crippen LogP contribution in [0.15, 0.2) is 24.3 Å². The molecule has 3 unspecified atom stereocenters. The van der Waals surface area contributed by atoms with Gasteiger partial charge >= 0.3 is 0 Å². The minimum absolute atomic E-state index is 0.00364. The van der Waals surface area contributed by atoms with Crippen LogP contribution in [0, 0.1) is 11.8 Å². The number of rotatable bonds is 6. The number of ether oxygens (including phenoxy) is 1. The number of fused-ring (bicyclic) bond motifs is 1. The molecule has 54 heavy (non-hydrogen) atoms. The van der Waals surface area contributed by atoms with E-state index in [0.29, 0.717) is 61.8 Å². The third kappa shape index (κ3) is 4.57. The molecule has 9 aliphatic rings. The Bertz CT molecular complexity index is 2020. The van der Waals surface area contributed by atoms with Gasteiger partial charge < -0.3 is 31.5 Å². The average Bonchev–Trinajstić information content (AvgIpc) is 4.07. The Morgan fingerprint density at radius 2 is 1.33 bits per heavy atom. The number of carbonyl (C=O) groups excluding carboxylic acids is 4. The fraction of sp³-hybridized carbons (Fsp3) is 0.619. The molecule has 0 aromatic heterocycles. The maximum Gasteiger partial charge on any atom is 0.252 e. The number of piperidine rings is 2. The van der Waals surface area contributed by atoms with Crippen LogP contribution in [0.5, 0.6) is 11.5 Å². The van der Waals surface area contributed by atoms with Crippen molar-refractivity contribution in [2.75, 3.05) is 26.2 Å². The van der Waals surface area contributed by atoms with Gasteiger partial charge in [-0.15, -0.1) is 0 Å². The molecule has 7 atom stereocenters. The Hall–Kier alpha value is -3.84. The van der Waals surface area contributed by atoms with Crippen molar-refractivity contribution < 1.29 is 39.2 Å². The number of ketones is 2. The number of primary amides is 2. The zero-order chi connectivity index (χ0) is 37.5. The predicted octanol–water partition coefficient (Wildman–Crippen LogP) is 2.17. The first-order valence-electron chi connectivity index (χ1n) is 20.1. The Morgan fingerprint density at radius 3 is 1.96 bits per heavy atom. The summed E-state index contributed by atoms with van der Waals surface area (Å²) in [4.78, 5) is 53.9. The molecule has 4 bridgehead atoms. The van der Waals surface area contributed by atoms with E-state index in [1.54, 1.807) is 12.1 Å². The lowest BCUT2D eigenvalue weighted by molar-refractivity contribution is -0.188. The summed E-state index contributed by atoms with van der Waals surface area (Å²) in [5.74, 6) is 0.697. The Labute approximate surface area is 314 Å². The second kappa shape index (κ2) is 11.6. The van der Waals surface area contributed by atoms with Crippen LogP contribution in [0.25, 0.3) is 0 Å². The Kier molecular flexibility index (Phi) is 7.44. The smallest absolute Gasteiger partial charge is 0.252 e. The predicted molar refractivity (Wildman–Crippen MR) is 195 cm³/mol. The topological polar surface area (TPSA) is 197 Å². The molecule has 2 aromatic rings. The van der Waals surface area contributed by atoms with Gasteiger partial charge in [-0.25, -0.2) is 0 Å². The van der Waals surface area contributed by atoms with Gasteiger partial charge in [0, 0.05) is 61.0 Å². The van der Waals surface area contributed by atoms with Crippen LogP contribution in [0.2, 0.25) is 0 Å². The molecule has 2 amide bonds. The van der Waals surface area contributed by atoms with E-state index >= 15 is 0 Å². The van der Waals surface area contributed by atoms with Crippen LogP contribution in [0.4, 0.5) is 0 Å². The molecule has 6 fully saturated rings. The average molecular weight is 739 g/mol. The van der Waals surface area contributed by atoms with E-state index in [0.717, 1.165) is 61.1 Å². The second-order valence-electron chi connectivity index (χ2n) is 18.1. The molecule has 6 aliphatic carbocycles. The molecule has 4 saturated carbocycles. The van der Waals surface area contributed by atoms with Gasteiger partial charge in [0.2, 0.25) is 0 Å². The third-order valence-corrected chi connectivity index (χ3v) is 15.4. The number of hydrogen-bond acceptors (Lipinski definition) is 10. The number of nitrogens with two attached hydrogens (primary N) is 2. The van der Waals surface area contributed by atoms with Crippen LogP contribution in [0.3, 0.4) is 0 Å². The number of aromatic hydroxyl groups is 1. The number of amides is 2. The zero-order valence-electron chi connectivity index (χ0n) is 30.6. The molecule has 7 N–H and O–H groups in total. The van der Waals surface area contributed by atoms with Gasteiger partial charge in [-0.05, 0) is 112 Å². The number of likely N-dealkylation sites (tertiary alicyclic amines) is 2. The summed E-state index contributed by atoms with van der Waals surface area (Å²) >= 11 is 0. The molecular formula is C42H50N4O8. The van der Waals surface area contributed by atoms with Gasteiger partial charge in [-0.3, -0.25) is 29.0 Å². The van der Waals surface area contributed by atoms with Crippen LogP contribution < -0.4 is 16.2 Å². The van der Waals surface area contributed by atoms with Crippen molar-refractivity contribution in [3.63, 3.8) is 0 Å². The Morgan fingerprint density at radius 1 is 0.759 bits per heavy atom. The molecule has 0 radical (unpaired) electrons. The van der Waals surface area contributed by atoms with Gasteiger partial charge in [0.25, 0.3) is 11.8 Å². The summed E-state index contributed by atoms with van der Waals surface area (Å²) in [6.07, 6.45) is 8.83. The minimum Gasteiger partial charge on any atom is -0.507 e. The van der Waals surface area contributed by atoms with E-state index in [9.17, 15) is 34.5 Å². The fourth-order valence-corrected chi connectivity index (χ4v) is 12.5. The molecule has 1 spiro atoms. The van der Waals surface area contributed by atoms with E-state index < -0.39 is 40.0 Å². The van der Waals surface area contributed by atoms with Crippen molar-refractivity contribution in [3.8, 4) is 11.5 Å². The number of benzene rings is 2. The van der Waals surface area contributed by atoms with Crippen molar-refractivity contribution in [1.29, 1.82) is 0 Å². The van der Waals surface area contributed by atoms with E-state index in [1.807, 2.05) is 12.1 Å². The molecule has 3 aliphatic heterocycles. The highest BCUT2D eigenvalue weighted by molar-refractivity contribution is 5.99. The van der Waals surface area contributed by atoms with E-state index in [2.05, 4.69) is 9.80 Å². The molecule has 2 saturated heterocycles. The summed E-state index contributed by atoms with van der Waals surface area (Å²) < 4.78 is 6.15. The van der Waals surface area contributed by atoms with Crippen molar-refractivity contribution in [2.45, 2.75) is 124 Å². The normalized spacial score (nSPS) is 37.3. The third-order valence-electron chi connectivity index (χ3n) is 15.4. The highest BCUT2D eigenvalue weighted by Crippen LogP contribution is 2.64. The van der Waals surface area contributed by atoms with Crippen molar-refractivity contribution in [1.82, 2.24) is 9.80 Å². The van der Waals surface area contributed by atoms with Crippen LogP contribution in [-0.2, 0) is 33.3 Å². The molecule has 3 heterocycles. The lowest BCUT2D eigenvalue weighted by Crippen LogP contribution is -2.76. The largest absolute Gasteiger partial charge is 0.507 e. The lowest BCUT2D eigenvalue weighted by atomic mass is 9.49. The van der Waals surface area contributed by atoms with Crippen molar-refractivity contribution >= 4 is 23.4 Å². The van der Waals surface area contributed by atoms with E-state index in [-0.39, 0.29) is 41.4 Å². The molecule has 286 valence electrons. The minimum atomic E-state index is -1.06. The number of aliphatic hydroxyl groups is 2. The highest BCUT2D eigenvalue weighted by Gasteiger charge is 2.73. The quantitative estimate of drug-likeness (QED) is 0.293. The molecule has 11 rings (SSSR count). The second-order valence-corrected chi connectivity index (χ2v) is 18.1. The maximum atomic E-state index is 12.8. The van der Waals surface area contributed by atoms with Crippen molar-refractivity contribution in [2.24, 2.45) is 23.3 Å². The number of phenols is 1. The summed E-state index contributed by atoms with van der Waals surface area (Å²) in [5.41, 5.74) is 11.3. The van der Waals surface area contributed by atoms with Gasteiger partial charge in [0.05, 0.1) is 27.7 Å². The SMILES string of the molecule is NC(=O)c1ccc2c(c1O)[C@]13CCN(CC4CC4)[C@H](C2)C1(O)CCC(=O)C3.NC(=O)c1ccc2c3c1OC1C(=O)CCC4(O)[C@@H](C2)N(CC2CC2)CC[C@]314. The first-order valence-corrected chi connectivity index (χ1v) is 20.1. The van der Waals surface area contributed by atoms with Gasteiger partial charge in [0.15, 0.2) is 11.9 Å². The first-order chi connectivity index (χ1) is 25.8. The zero-order valence-corrected chi connectivity index (χ0v) is 30.6. The monoisotopic (exact) mass is 738 g/mol. The summed E-state index contributed by atoms with van der Waals surface area (Å²) in [6.45, 7) is 3.69. The van der Waals surface area contributed by atoms with Gasteiger partial charge in [0.1, 0.15) is 17.3 Å². The molecule has 12 heteroatoms. The summed E-state index contributed by atoms with van der Waals surface area (Å²) in [6, 6.07) is 7.06. The molecular weight excluding hydrogens is 688 g/mol. The van der Waals surface area contributed by atoms with Gasteiger partial charge in [-0.1, -0.05) is 12.1 Å². The fourth-order valence-electron chi connectivity index (χ4n) is 12.5. The molecule has 2 aromatic carbocycles. The maximum absolute atomic E-state index is 12.8. The van der Waals surface area contributed by atoms with Crippen LogP contribution >= 0.6 is 0 Å². The van der Waals surface area contributed by atoms with Crippen molar-refractivity contribution in [3.05, 3.63) is 57.6 Å². The molecule has 12 nitrogen and oxygen atoms in total. The first kappa shape index (κ1) is 34.6. The van der Waals surface area contributed by atoms with E-state index in [4.69, 9.17) is 16.2 Å². The summed E-state index contributed by atoms with van der Waals surface area (Å²) in [7, 11) is 0. The van der Waals surface area contributed by atoms with Crippen LogP contribution in [0.1, 0.15) is 114 Å². The Balaban J connectivity index is 0.000000134. The number of nitrogens with zero attached hydrogens (tertiary/aromatic N) is 2. The highest BCUT2D eigenvalue weighted by atomic mass is 16.5. The number of hydrogen-bond donors (Lipinski definition) is 5. The van der Waals surface area contributed by atoms with Gasteiger partial charge in [-0.2, -0.15) is 0 Å². The standard InChI is InChI=1S/C21H24N2O4.C21H26N2O4/c22-19(25)13-4-3-12-9-15-21(26)6-5-14(24)18-20(21,16(12)17(13)27-18)7-8-23(15)10-11-1-2-11;22-19(26)15-4-3-13-9-16-21(27)6-5-14(24)10-20(21,17(13)18(15)25)7-8-23(16)11-12-1-2-12/h3-4,11,15,18,26H,1-2,5-10H2,(H2,22,25);3-4,12,16,25,27H,1-2,5-11H2,(H2,22,26)/t15-,18?,20+,21?;16-,20-,21?/m11/s1. The van der Waals surface area contributed by atoms with E-state index in [1.165, 1.54) is 25.7 Å². The number of carbonyl (C=O) groups is 4. The summed E-state index contributed by atoms with van der Waals surface area (Å²) in [5, 5.41) is 35.0.